The van der Waals surface area contributed by atoms with Crippen molar-refractivity contribution in [3.05, 3.63) is 0 Å². The minimum Gasteiger partial charge on any atom is -0.468 e. The lowest BCUT2D eigenvalue weighted by Crippen LogP contribution is -2.49. The molecule has 0 bridgehead atoms. The van der Waals surface area contributed by atoms with E-state index in [1.54, 1.807) is 0 Å². The number of nitrogens with zero attached hydrogens (tertiary/aromatic N) is 1. The van der Waals surface area contributed by atoms with E-state index in [2.05, 4.69) is 24.1 Å². The number of unbranched alkanes of at least 4 members (excludes halogenated alkanes) is 1. The van der Waals surface area contributed by atoms with E-state index in [0.29, 0.717) is 0 Å². The standard InChI is InChI=1S/C13H28N2O2/c1-6-8-9-15(7-2)10-12(13(16)17-5)14-11(3)4/h11-12,14H,6-10H2,1-5H3. The molecule has 0 heterocycles. The molecule has 0 aromatic heterocycles. The largest absolute Gasteiger partial charge is 0.468 e. The number of esters is 1. The Morgan fingerprint density at radius 2 is 2.00 bits per heavy atom. The molecule has 0 saturated carbocycles. The second kappa shape index (κ2) is 9.42. The van der Waals surface area contributed by atoms with Crippen molar-refractivity contribution in [1.29, 1.82) is 0 Å². The summed E-state index contributed by atoms with van der Waals surface area (Å²) in [4.78, 5) is 14.0. The summed E-state index contributed by atoms with van der Waals surface area (Å²) in [6.07, 6.45) is 2.35. The van der Waals surface area contributed by atoms with E-state index in [9.17, 15) is 4.79 Å². The summed E-state index contributed by atoms with van der Waals surface area (Å²) >= 11 is 0. The Morgan fingerprint density at radius 1 is 1.35 bits per heavy atom. The third-order valence-corrected chi connectivity index (χ3v) is 2.74. The summed E-state index contributed by atoms with van der Waals surface area (Å²) in [7, 11) is 1.44. The molecule has 0 radical (unpaired) electrons. The molecular weight excluding hydrogens is 216 g/mol. The van der Waals surface area contributed by atoms with E-state index >= 15 is 0 Å². The van der Waals surface area contributed by atoms with Crippen molar-refractivity contribution in [2.24, 2.45) is 0 Å². The summed E-state index contributed by atoms with van der Waals surface area (Å²) < 4.78 is 4.83. The molecule has 4 heteroatoms. The highest BCUT2D eigenvalue weighted by atomic mass is 16.5. The molecule has 0 aromatic rings. The number of ether oxygens (including phenoxy) is 1. The van der Waals surface area contributed by atoms with Crippen LogP contribution in [0, 0.1) is 0 Å². The van der Waals surface area contributed by atoms with Crippen molar-refractivity contribution in [2.45, 2.75) is 52.6 Å². The second-order valence-corrected chi connectivity index (χ2v) is 4.64. The van der Waals surface area contributed by atoms with Gasteiger partial charge in [-0.05, 0) is 19.5 Å². The van der Waals surface area contributed by atoms with Crippen LogP contribution in [0.5, 0.6) is 0 Å². The van der Waals surface area contributed by atoms with E-state index in [1.807, 2.05) is 13.8 Å². The number of rotatable bonds is 9. The zero-order valence-corrected chi connectivity index (χ0v) is 12.0. The summed E-state index contributed by atoms with van der Waals surface area (Å²) in [5.41, 5.74) is 0. The minimum atomic E-state index is -0.225. The number of carbonyl (C=O) groups is 1. The van der Waals surface area contributed by atoms with E-state index < -0.39 is 0 Å². The number of hydrogen-bond donors (Lipinski definition) is 1. The van der Waals surface area contributed by atoms with Gasteiger partial charge in [0.05, 0.1) is 7.11 Å². The Balaban J connectivity index is 4.32. The van der Waals surface area contributed by atoms with E-state index in [-0.39, 0.29) is 18.1 Å². The topological polar surface area (TPSA) is 41.6 Å². The summed E-state index contributed by atoms with van der Waals surface area (Å²) in [6.45, 7) is 11.1. The zero-order chi connectivity index (χ0) is 13.3. The fraction of sp³-hybridized carbons (Fsp3) is 0.923. The van der Waals surface area contributed by atoms with Gasteiger partial charge in [0.2, 0.25) is 0 Å². The smallest absolute Gasteiger partial charge is 0.324 e. The molecular formula is C13H28N2O2. The SMILES string of the molecule is CCCCN(CC)CC(NC(C)C)C(=O)OC. The van der Waals surface area contributed by atoms with Crippen LogP contribution in [0.3, 0.4) is 0 Å². The van der Waals surface area contributed by atoms with E-state index in [1.165, 1.54) is 20.0 Å². The lowest BCUT2D eigenvalue weighted by atomic mass is 10.2. The van der Waals surface area contributed by atoms with Gasteiger partial charge in [-0.3, -0.25) is 4.79 Å². The molecule has 1 N–H and O–H groups in total. The monoisotopic (exact) mass is 244 g/mol. The van der Waals surface area contributed by atoms with Crippen LogP contribution in [-0.4, -0.2) is 49.7 Å². The predicted octanol–water partition coefficient (Wildman–Crippen LogP) is 1.65. The first-order valence-electron chi connectivity index (χ1n) is 6.61. The van der Waals surface area contributed by atoms with Crippen LogP contribution in [0.25, 0.3) is 0 Å². The predicted molar refractivity (Wildman–Crippen MR) is 71.1 cm³/mol. The molecule has 0 aromatic carbocycles. The third kappa shape index (κ3) is 7.34. The van der Waals surface area contributed by atoms with Gasteiger partial charge in [-0.15, -0.1) is 0 Å². The quantitative estimate of drug-likeness (QED) is 0.626. The van der Waals surface area contributed by atoms with Gasteiger partial charge in [-0.25, -0.2) is 0 Å². The van der Waals surface area contributed by atoms with Gasteiger partial charge in [-0.2, -0.15) is 0 Å². The van der Waals surface area contributed by atoms with Gasteiger partial charge in [0.15, 0.2) is 0 Å². The lowest BCUT2D eigenvalue weighted by Gasteiger charge is -2.26. The van der Waals surface area contributed by atoms with Crippen LogP contribution < -0.4 is 5.32 Å². The fourth-order valence-electron chi connectivity index (χ4n) is 1.76. The van der Waals surface area contributed by atoms with Crippen LogP contribution in [0.15, 0.2) is 0 Å². The minimum absolute atomic E-state index is 0.173. The maximum absolute atomic E-state index is 11.7. The molecule has 4 nitrogen and oxygen atoms in total. The molecule has 0 aliphatic heterocycles. The average Bonchev–Trinajstić information content (AvgIpc) is 2.31. The fourth-order valence-corrected chi connectivity index (χ4v) is 1.76. The Morgan fingerprint density at radius 3 is 2.41 bits per heavy atom. The molecule has 17 heavy (non-hydrogen) atoms. The molecule has 102 valence electrons. The summed E-state index contributed by atoms with van der Waals surface area (Å²) in [5, 5.41) is 3.26. The summed E-state index contributed by atoms with van der Waals surface area (Å²) in [6, 6.07) is 0.0563. The van der Waals surface area contributed by atoms with Gasteiger partial charge >= 0.3 is 5.97 Å². The first-order chi connectivity index (χ1) is 8.04. The van der Waals surface area contributed by atoms with Crippen molar-refractivity contribution in [1.82, 2.24) is 10.2 Å². The van der Waals surface area contributed by atoms with Crippen molar-refractivity contribution in [2.75, 3.05) is 26.7 Å². The highest BCUT2D eigenvalue weighted by Crippen LogP contribution is 2.00. The first-order valence-corrected chi connectivity index (χ1v) is 6.61. The maximum atomic E-state index is 11.7. The number of hydrogen-bond acceptors (Lipinski definition) is 4. The number of likely N-dealkylation sites (N-methyl/N-ethyl adjacent to an activating group) is 1. The lowest BCUT2D eigenvalue weighted by molar-refractivity contribution is -0.143. The molecule has 0 amide bonds. The van der Waals surface area contributed by atoms with E-state index in [4.69, 9.17) is 4.74 Å². The van der Waals surface area contributed by atoms with Crippen molar-refractivity contribution >= 4 is 5.97 Å². The van der Waals surface area contributed by atoms with E-state index in [0.717, 1.165) is 19.6 Å². The molecule has 0 rings (SSSR count). The average molecular weight is 244 g/mol. The Labute approximate surface area is 106 Å². The molecule has 0 aliphatic rings. The Bertz CT molecular complexity index is 208. The maximum Gasteiger partial charge on any atom is 0.324 e. The first kappa shape index (κ1) is 16.4. The van der Waals surface area contributed by atoms with Crippen LogP contribution >= 0.6 is 0 Å². The molecule has 0 fully saturated rings. The Kier molecular flexibility index (Phi) is 9.09. The van der Waals surface area contributed by atoms with Gasteiger partial charge in [0, 0.05) is 12.6 Å². The second-order valence-electron chi connectivity index (χ2n) is 4.64. The van der Waals surface area contributed by atoms with Crippen LogP contribution in [0.4, 0.5) is 0 Å². The molecule has 0 saturated heterocycles. The van der Waals surface area contributed by atoms with Crippen molar-refractivity contribution in [3.8, 4) is 0 Å². The third-order valence-electron chi connectivity index (χ3n) is 2.74. The number of methoxy groups -OCH3 is 1. The molecule has 0 spiro atoms. The highest BCUT2D eigenvalue weighted by Gasteiger charge is 2.21. The zero-order valence-electron chi connectivity index (χ0n) is 12.0. The highest BCUT2D eigenvalue weighted by molar-refractivity contribution is 5.75. The van der Waals surface area contributed by atoms with Crippen LogP contribution in [0.2, 0.25) is 0 Å². The van der Waals surface area contributed by atoms with Crippen molar-refractivity contribution in [3.63, 3.8) is 0 Å². The molecule has 1 unspecified atom stereocenters. The number of carbonyl (C=O) groups excluding carboxylic acids is 1. The van der Waals surface area contributed by atoms with Gasteiger partial charge in [0.25, 0.3) is 0 Å². The van der Waals surface area contributed by atoms with Gasteiger partial charge < -0.3 is 15.0 Å². The number of nitrogens with one attached hydrogen (secondary N) is 1. The van der Waals surface area contributed by atoms with Gasteiger partial charge in [0.1, 0.15) is 6.04 Å². The van der Waals surface area contributed by atoms with Gasteiger partial charge in [-0.1, -0.05) is 34.1 Å². The van der Waals surface area contributed by atoms with Crippen LogP contribution in [-0.2, 0) is 9.53 Å². The molecule has 0 aliphatic carbocycles. The Hall–Kier alpha value is -0.610. The molecule has 1 atom stereocenters. The normalized spacial score (nSPS) is 13.1. The summed E-state index contributed by atoms with van der Waals surface area (Å²) in [5.74, 6) is -0.173. The van der Waals surface area contributed by atoms with Crippen LogP contribution in [0.1, 0.15) is 40.5 Å². The van der Waals surface area contributed by atoms with Crippen molar-refractivity contribution < 1.29 is 9.53 Å².